The molecule has 1 atom stereocenters. The minimum absolute atomic E-state index is 0.0805. The summed E-state index contributed by atoms with van der Waals surface area (Å²) in [5.74, 6) is -0.405. The number of esters is 2. The van der Waals surface area contributed by atoms with Crippen molar-refractivity contribution in [2.24, 2.45) is 0 Å². The van der Waals surface area contributed by atoms with Crippen LogP contribution in [-0.2, 0) is 23.8 Å². The van der Waals surface area contributed by atoms with E-state index in [4.69, 9.17) is 14.2 Å². The summed E-state index contributed by atoms with van der Waals surface area (Å²) >= 11 is 0. The van der Waals surface area contributed by atoms with E-state index in [2.05, 4.69) is 69.4 Å². The maximum atomic E-state index is 12.7. The quantitative estimate of drug-likeness (QED) is 0.0348. The molecule has 5 heteroatoms. The van der Waals surface area contributed by atoms with Gasteiger partial charge < -0.3 is 14.2 Å². The molecule has 0 radical (unpaired) electrons. The van der Waals surface area contributed by atoms with Crippen molar-refractivity contribution >= 4 is 11.9 Å². The summed E-state index contributed by atoms with van der Waals surface area (Å²) in [5, 5.41) is 0. The Kier molecular flexibility index (Phi) is 47.4. The van der Waals surface area contributed by atoms with Gasteiger partial charge in [-0.25, -0.2) is 0 Å². The molecule has 0 N–H and O–H groups in total. The Morgan fingerprint density at radius 1 is 0.397 bits per heavy atom. The second kappa shape index (κ2) is 49.2. The molecule has 0 bridgehead atoms. The Hall–Kier alpha value is -2.14. The number of ether oxygens (including phenoxy) is 3. The van der Waals surface area contributed by atoms with Crippen LogP contribution in [0.3, 0.4) is 0 Å². The molecule has 0 amide bonds. The van der Waals surface area contributed by atoms with Crippen LogP contribution in [-0.4, -0.2) is 37.9 Å². The van der Waals surface area contributed by atoms with Gasteiger partial charge in [0.15, 0.2) is 6.10 Å². The lowest BCUT2D eigenvalue weighted by atomic mass is 10.1. The van der Waals surface area contributed by atoms with Gasteiger partial charge in [0, 0.05) is 19.4 Å². The highest BCUT2D eigenvalue weighted by Crippen LogP contribution is 2.14. The molecule has 58 heavy (non-hydrogen) atoms. The minimum atomic E-state index is -0.539. The summed E-state index contributed by atoms with van der Waals surface area (Å²) in [5.41, 5.74) is 0. The van der Waals surface area contributed by atoms with Crippen molar-refractivity contribution in [3.05, 3.63) is 48.6 Å². The molecule has 0 aliphatic heterocycles. The molecule has 0 saturated heterocycles. The number of hydrogen-bond donors (Lipinski definition) is 0. The van der Waals surface area contributed by atoms with E-state index in [9.17, 15) is 9.59 Å². The lowest BCUT2D eigenvalue weighted by molar-refractivity contribution is -0.163. The zero-order chi connectivity index (χ0) is 42.1. The van der Waals surface area contributed by atoms with E-state index in [0.717, 1.165) is 70.6 Å². The minimum Gasteiger partial charge on any atom is -0.462 e. The van der Waals surface area contributed by atoms with Crippen LogP contribution < -0.4 is 0 Å². The van der Waals surface area contributed by atoms with Gasteiger partial charge in [-0.2, -0.15) is 0 Å². The first kappa shape index (κ1) is 55.9. The van der Waals surface area contributed by atoms with E-state index in [1.165, 1.54) is 148 Å². The van der Waals surface area contributed by atoms with Crippen LogP contribution in [0.4, 0.5) is 0 Å². The van der Waals surface area contributed by atoms with E-state index in [1.807, 2.05) is 0 Å². The predicted octanol–water partition coefficient (Wildman–Crippen LogP) is 16.8. The summed E-state index contributed by atoms with van der Waals surface area (Å²) < 4.78 is 17.4. The zero-order valence-corrected chi connectivity index (χ0v) is 38.8. The highest BCUT2D eigenvalue weighted by Gasteiger charge is 2.17. The maximum Gasteiger partial charge on any atom is 0.306 e. The van der Waals surface area contributed by atoms with E-state index in [1.54, 1.807) is 0 Å². The van der Waals surface area contributed by atoms with Crippen molar-refractivity contribution < 1.29 is 23.8 Å². The van der Waals surface area contributed by atoms with Gasteiger partial charge in [-0.1, -0.05) is 211 Å². The van der Waals surface area contributed by atoms with Crippen molar-refractivity contribution in [1.29, 1.82) is 0 Å². The third-order valence-electron chi connectivity index (χ3n) is 10.8. The largest absolute Gasteiger partial charge is 0.462 e. The molecule has 0 heterocycles. The molecule has 5 nitrogen and oxygen atoms in total. The fourth-order valence-corrected chi connectivity index (χ4v) is 7.11. The molecule has 0 aromatic heterocycles. The fourth-order valence-electron chi connectivity index (χ4n) is 7.11. The van der Waals surface area contributed by atoms with Crippen molar-refractivity contribution in [1.82, 2.24) is 0 Å². The summed E-state index contributed by atoms with van der Waals surface area (Å²) in [6.07, 6.45) is 59.8. The molecule has 0 aliphatic rings. The third kappa shape index (κ3) is 46.5. The van der Waals surface area contributed by atoms with Crippen molar-refractivity contribution in [2.45, 2.75) is 258 Å². The molecule has 0 aliphatic carbocycles. The Morgan fingerprint density at radius 2 is 0.776 bits per heavy atom. The Bertz CT molecular complexity index is 966. The van der Waals surface area contributed by atoms with Gasteiger partial charge in [0.25, 0.3) is 0 Å². The average Bonchev–Trinajstić information content (AvgIpc) is 3.22. The molecule has 0 saturated carbocycles. The van der Waals surface area contributed by atoms with Gasteiger partial charge in [0.1, 0.15) is 6.61 Å². The van der Waals surface area contributed by atoms with Crippen molar-refractivity contribution in [3.63, 3.8) is 0 Å². The molecule has 0 rings (SSSR count). The fraction of sp³-hybridized carbons (Fsp3) is 0.811. The SMILES string of the molecule is CC/C=C\C/C=C\C/C=C\CCCCCCCCCCOCC(COC(=O)CCCCCCC/C=C\CCCCCCCC)OC(=O)CCCCCCCCCCC. The van der Waals surface area contributed by atoms with Gasteiger partial charge in [-0.15, -0.1) is 0 Å². The normalized spacial score (nSPS) is 12.5. The molecule has 0 fully saturated rings. The van der Waals surface area contributed by atoms with E-state index < -0.39 is 6.10 Å². The summed E-state index contributed by atoms with van der Waals surface area (Å²) in [6, 6.07) is 0. The number of carbonyl (C=O) groups excluding carboxylic acids is 2. The smallest absolute Gasteiger partial charge is 0.306 e. The summed E-state index contributed by atoms with van der Waals surface area (Å²) in [7, 11) is 0. The maximum absolute atomic E-state index is 12.7. The second-order valence-corrected chi connectivity index (χ2v) is 16.7. The molecule has 338 valence electrons. The summed E-state index contributed by atoms with van der Waals surface area (Å²) in [6.45, 7) is 7.70. The van der Waals surface area contributed by atoms with E-state index in [0.29, 0.717) is 19.4 Å². The second-order valence-electron chi connectivity index (χ2n) is 16.7. The standard InChI is InChI=1S/C53H96O5/c1-4-7-10-13-16-19-21-23-25-26-27-29-31-33-36-39-42-45-48-56-49-51(58-53(55)47-44-41-38-34-18-15-12-9-6-3)50-57-52(54)46-43-40-37-35-32-30-28-24-22-20-17-14-11-8-5-2/h7,10,16,19,23-25,28,51H,4-6,8-9,11-15,17-18,20-22,26-27,29-50H2,1-3H3/b10-7-,19-16-,25-23-,28-24-. The van der Waals surface area contributed by atoms with Crippen LogP contribution in [0.15, 0.2) is 48.6 Å². The van der Waals surface area contributed by atoms with Crippen molar-refractivity contribution in [3.8, 4) is 0 Å². The predicted molar refractivity (Wildman–Crippen MR) is 251 cm³/mol. The van der Waals surface area contributed by atoms with Crippen LogP contribution in [0.1, 0.15) is 252 Å². The molecule has 0 aromatic rings. The van der Waals surface area contributed by atoms with Gasteiger partial charge in [0.05, 0.1) is 6.61 Å². The van der Waals surface area contributed by atoms with Crippen LogP contribution in [0, 0.1) is 0 Å². The first-order valence-corrected chi connectivity index (χ1v) is 25.2. The highest BCUT2D eigenvalue weighted by molar-refractivity contribution is 5.70. The number of hydrogen-bond acceptors (Lipinski definition) is 5. The first-order chi connectivity index (χ1) is 28.6. The van der Waals surface area contributed by atoms with Crippen LogP contribution in [0.25, 0.3) is 0 Å². The van der Waals surface area contributed by atoms with E-state index in [-0.39, 0.29) is 25.2 Å². The number of unbranched alkanes of at least 4 members (excludes halogenated alkanes) is 27. The first-order valence-electron chi connectivity index (χ1n) is 25.2. The topological polar surface area (TPSA) is 61.8 Å². The van der Waals surface area contributed by atoms with E-state index >= 15 is 0 Å². The molecule has 0 aromatic carbocycles. The van der Waals surface area contributed by atoms with Gasteiger partial charge in [-0.05, 0) is 77.0 Å². The summed E-state index contributed by atoms with van der Waals surface area (Å²) in [4.78, 5) is 25.3. The number of allylic oxidation sites excluding steroid dienone is 8. The van der Waals surface area contributed by atoms with Gasteiger partial charge in [-0.3, -0.25) is 9.59 Å². The van der Waals surface area contributed by atoms with Crippen LogP contribution >= 0.6 is 0 Å². The van der Waals surface area contributed by atoms with Crippen molar-refractivity contribution in [2.75, 3.05) is 19.8 Å². The monoisotopic (exact) mass is 813 g/mol. The van der Waals surface area contributed by atoms with Gasteiger partial charge >= 0.3 is 11.9 Å². The lowest BCUT2D eigenvalue weighted by Gasteiger charge is -2.18. The average molecular weight is 813 g/mol. The molecular weight excluding hydrogens is 717 g/mol. The molecule has 1 unspecified atom stereocenters. The Balaban J connectivity index is 4.19. The Morgan fingerprint density at radius 3 is 1.26 bits per heavy atom. The number of rotatable bonds is 46. The van der Waals surface area contributed by atoms with Crippen LogP contribution in [0.5, 0.6) is 0 Å². The number of carbonyl (C=O) groups is 2. The Labute approximate surface area is 361 Å². The lowest BCUT2D eigenvalue weighted by Crippen LogP contribution is -2.30. The van der Waals surface area contributed by atoms with Gasteiger partial charge in [0.2, 0.25) is 0 Å². The molecule has 0 spiro atoms. The zero-order valence-electron chi connectivity index (χ0n) is 38.8. The van der Waals surface area contributed by atoms with Crippen LogP contribution in [0.2, 0.25) is 0 Å². The highest BCUT2D eigenvalue weighted by atomic mass is 16.6. The molecular formula is C53H96O5. The third-order valence-corrected chi connectivity index (χ3v) is 10.8.